The van der Waals surface area contributed by atoms with Gasteiger partial charge in [0.15, 0.2) is 5.78 Å². The molecule has 112 valence electrons. The Hall–Kier alpha value is -2.84. The molecule has 3 nitrogen and oxygen atoms in total. The Morgan fingerprint density at radius 1 is 1.22 bits per heavy atom. The maximum absolute atomic E-state index is 14.4. The number of pyridine rings is 1. The van der Waals surface area contributed by atoms with Crippen molar-refractivity contribution in [2.24, 2.45) is 0 Å². The molecule has 0 radical (unpaired) electrons. The number of halogens is 3. The zero-order valence-electron chi connectivity index (χ0n) is 11.5. The quantitative estimate of drug-likeness (QED) is 0.660. The molecule has 2 aromatic carbocycles. The van der Waals surface area contributed by atoms with Gasteiger partial charge in [-0.05, 0) is 30.3 Å². The summed E-state index contributed by atoms with van der Waals surface area (Å²) in [6, 6.07) is 9.29. The van der Waals surface area contributed by atoms with E-state index in [1.54, 1.807) is 18.2 Å². The molecule has 1 heterocycles. The third kappa shape index (κ3) is 2.54. The summed E-state index contributed by atoms with van der Waals surface area (Å²) >= 11 is 5.90. The van der Waals surface area contributed by atoms with Gasteiger partial charge in [-0.3, -0.25) is 9.78 Å². The molecule has 0 aliphatic carbocycles. The van der Waals surface area contributed by atoms with Crippen LogP contribution in [0, 0.1) is 23.0 Å². The standard InChI is InChI=1S/C17H7ClF2N2O/c18-13-4-3-10(19)7-11(13)17(23)15-12(8-21)16-9(6-14(15)20)2-1-5-22-16/h1-7H. The highest BCUT2D eigenvalue weighted by atomic mass is 35.5. The Morgan fingerprint density at radius 2 is 2.00 bits per heavy atom. The van der Waals surface area contributed by atoms with Crippen LogP contribution in [0.4, 0.5) is 8.78 Å². The van der Waals surface area contributed by atoms with Gasteiger partial charge in [0.25, 0.3) is 0 Å². The topological polar surface area (TPSA) is 53.8 Å². The van der Waals surface area contributed by atoms with E-state index in [1.165, 1.54) is 12.3 Å². The summed E-state index contributed by atoms with van der Waals surface area (Å²) in [5.41, 5.74) is -0.679. The number of aromatic nitrogens is 1. The number of hydrogen-bond donors (Lipinski definition) is 0. The van der Waals surface area contributed by atoms with E-state index in [-0.39, 0.29) is 21.7 Å². The predicted octanol–water partition coefficient (Wildman–Crippen LogP) is 4.27. The molecule has 0 bridgehead atoms. The molecule has 0 amide bonds. The number of carbonyl (C=O) groups excluding carboxylic acids is 1. The van der Waals surface area contributed by atoms with Gasteiger partial charge >= 0.3 is 0 Å². The van der Waals surface area contributed by atoms with Gasteiger partial charge in [-0.2, -0.15) is 5.26 Å². The normalized spacial score (nSPS) is 10.5. The summed E-state index contributed by atoms with van der Waals surface area (Å²) in [7, 11) is 0. The smallest absolute Gasteiger partial charge is 0.198 e. The lowest BCUT2D eigenvalue weighted by atomic mass is 9.95. The van der Waals surface area contributed by atoms with Gasteiger partial charge in [0, 0.05) is 17.1 Å². The van der Waals surface area contributed by atoms with Crippen LogP contribution < -0.4 is 0 Å². The van der Waals surface area contributed by atoms with Crippen LogP contribution in [0.25, 0.3) is 10.9 Å². The highest BCUT2D eigenvalue weighted by Crippen LogP contribution is 2.28. The summed E-state index contributed by atoms with van der Waals surface area (Å²) in [4.78, 5) is 16.6. The number of carbonyl (C=O) groups is 1. The van der Waals surface area contributed by atoms with Crippen LogP contribution >= 0.6 is 11.6 Å². The third-order valence-electron chi connectivity index (χ3n) is 3.36. The maximum atomic E-state index is 14.4. The molecular weight excluding hydrogens is 322 g/mol. The second kappa shape index (κ2) is 5.75. The minimum atomic E-state index is -0.882. The lowest BCUT2D eigenvalue weighted by molar-refractivity contribution is 0.103. The maximum Gasteiger partial charge on any atom is 0.198 e. The number of hydrogen-bond acceptors (Lipinski definition) is 3. The molecule has 3 aromatic rings. The highest BCUT2D eigenvalue weighted by Gasteiger charge is 2.24. The summed E-state index contributed by atoms with van der Waals surface area (Å²) in [6.45, 7) is 0. The molecule has 0 saturated heterocycles. The van der Waals surface area contributed by atoms with Crippen LogP contribution in [0.2, 0.25) is 5.02 Å². The molecule has 0 atom stereocenters. The summed E-state index contributed by atoms with van der Waals surface area (Å²) in [6.07, 6.45) is 1.44. The van der Waals surface area contributed by atoms with E-state index >= 15 is 0 Å². The van der Waals surface area contributed by atoms with Crippen molar-refractivity contribution in [2.45, 2.75) is 0 Å². The van der Waals surface area contributed by atoms with Crippen LogP contribution in [-0.2, 0) is 0 Å². The van der Waals surface area contributed by atoms with Gasteiger partial charge in [0.2, 0.25) is 0 Å². The van der Waals surface area contributed by atoms with Crippen molar-refractivity contribution in [3.05, 3.63) is 75.9 Å². The molecule has 3 rings (SSSR count). The van der Waals surface area contributed by atoms with Gasteiger partial charge in [-0.15, -0.1) is 0 Å². The predicted molar refractivity (Wildman–Crippen MR) is 81.3 cm³/mol. The van der Waals surface area contributed by atoms with Crippen LogP contribution in [0.3, 0.4) is 0 Å². The molecule has 1 aromatic heterocycles. The van der Waals surface area contributed by atoms with Crippen molar-refractivity contribution >= 4 is 28.3 Å². The van der Waals surface area contributed by atoms with E-state index in [2.05, 4.69) is 4.98 Å². The number of rotatable bonds is 2. The molecule has 0 N–H and O–H groups in total. The zero-order chi connectivity index (χ0) is 16.6. The molecule has 23 heavy (non-hydrogen) atoms. The molecule has 6 heteroatoms. The minimum absolute atomic E-state index is 0.0270. The van der Waals surface area contributed by atoms with E-state index in [0.29, 0.717) is 5.39 Å². The van der Waals surface area contributed by atoms with E-state index in [9.17, 15) is 18.8 Å². The number of nitriles is 1. The fourth-order valence-electron chi connectivity index (χ4n) is 2.33. The van der Waals surface area contributed by atoms with E-state index in [4.69, 9.17) is 11.6 Å². The number of fused-ring (bicyclic) bond motifs is 1. The number of ketones is 1. The van der Waals surface area contributed by atoms with E-state index < -0.39 is 23.0 Å². The van der Waals surface area contributed by atoms with Gasteiger partial charge in [-0.1, -0.05) is 17.7 Å². The van der Waals surface area contributed by atoms with Gasteiger partial charge < -0.3 is 0 Å². The summed E-state index contributed by atoms with van der Waals surface area (Å²) in [5, 5.41) is 9.71. The van der Waals surface area contributed by atoms with Crippen molar-refractivity contribution in [3.8, 4) is 6.07 Å². The van der Waals surface area contributed by atoms with Crippen molar-refractivity contribution in [2.75, 3.05) is 0 Å². The van der Waals surface area contributed by atoms with Crippen LogP contribution in [-0.4, -0.2) is 10.8 Å². The van der Waals surface area contributed by atoms with Crippen LogP contribution in [0.15, 0.2) is 42.6 Å². The Balaban J connectivity index is 2.31. The first-order valence-corrected chi connectivity index (χ1v) is 6.88. The first-order chi connectivity index (χ1) is 11.0. The Labute approximate surface area is 134 Å². The molecule has 0 saturated carbocycles. The molecule has 0 aliphatic heterocycles. The lowest BCUT2D eigenvalue weighted by Crippen LogP contribution is -2.09. The molecule has 0 aliphatic rings. The zero-order valence-corrected chi connectivity index (χ0v) is 12.2. The Bertz CT molecular complexity index is 996. The van der Waals surface area contributed by atoms with Crippen LogP contribution in [0.5, 0.6) is 0 Å². The van der Waals surface area contributed by atoms with Crippen molar-refractivity contribution in [3.63, 3.8) is 0 Å². The number of benzene rings is 2. The van der Waals surface area contributed by atoms with Gasteiger partial charge in [0.05, 0.1) is 21.7 Å². The first kappa shape index (κ1) is 15.1. The van der Waals surface area contributed by atoms with Crippen molar-refractivity contribution in [1.82, 2.24) is 4.98 Å². The third-order valence-corrected chi connectivity index (χ3v) is 3.69. The van der Waals surface area contributed by atoms with Crippen molar-refractivity contribution in [1.29, 1.82) is 5.26 Å². The number of nitrogens with zero attached hydrogens (tertiary/aromatic N) is 2. The second-order valence-electron chi connectivity index (χ2n) is 4.75. The Kier molecular flexibility index (Phi) is 3.77. The highest BCUT2D eigenvalue weighted by molar-refractivity contribution is 6.35. The molecular formula is C17H7ClF2N2O. The Morgan fingerprint density at radius 3 is 2.74 bits per heavy atom. The van der Waals surface area contributed by atoms with Gasteiger partial charge in [0.1, 0.15) is 17.7 Å². The second-order valence-corrected chi connectivity index (χ2v) is 5.16. The van der Waals surface area contributed by atoms with E-state index in [0.717, 1.165) is 18.2 Å². The fourth-order valence-corrected chi connectivity index (χ4v) is 2.53. The lowest BCUT2D eigenvalue weighted by Gasteiger charge is -2.09. The monoisotopic (exact) mass is 328 g/mol. The average Bonchev–Trinajstić information content (AvgIpc) is 2.55. The van der Waals surface area contributed by atoms with E-state index in [1.807, 2.05) is 0 Å². The first-order valence-electron chi connectivity index (χ1n) is 6.50. The SMILES string of the molecule is N#Cc1c(C(=O)c2cc(F)ccc2Cl)c(F)cc2cccnc12. The minimum Gasteiger partial charge on any atom is -0.288 e. The van der Waals surface area contributed by atoms with Crippen LogP contribution in [0.1, 0.15) is 21.5 Å². The average molecular weight is 329 g/mol. The fraction of sp³-hybridized carbons (Fsp3) is 0. The van der Waals surface area contributed by atoms with Crippen molar-refractivity contribution < 1.29 is 13.6 Å². The van der Waals surface area contributed by atoms with Gasteiger partial charge in [-0.25, -0.2) is 8.78 Å². The molecule has 0 unspecified atom stereocenters. The summed E-state index contributed by atoms with van der Waals surface area (Å²) < 4.78 is 27.8. The molecule has 0 spiro atoms. The summed E-state index contributed by atoms with van der Waals surface area (Å²) in [5.74, 6) is -2.43. The largest absolute Gasteiger partial charge is 0.288 e. The molecule has 0 fully saturated rings.